The van der Waals surface area contributed by atoms with Crippen molar-refractivity contribution >= 4 is 39.5 Å². The predicted molar refractivity (Wildman–Crippen MR) is 150 cm³/mol. The lowest BCUT2D eigenvalue weighted by atomic mass is 9.91. The fourth-order valence-electron chi connectivity index (χ4n) is 5.13. The Balaban J connectivity index is 1.40. The smallest absolute Gasteiger partial charge is 0.346 e. The maximum Gasteiger partial charge on any atom is 0.346 e. The molecule has 2 atom stereocenters. The van der Waals surface area contributed by atoms with Crippen LogP contribution in [0.2, 0.25) is 0 Å². The van der Waals surface area contributed by atoms with Crippen LogP contribution in [0.15, 0.2) is 126 Å². The summed E-state index contributed by atoms with van der Waals surface area (Å²) in [7, 11) is 0. The molecular weight excluding hydrogens is 476 g/mol. The number of carboxylic acids is 1. The van der Waals surface area contributed by atoms with Crippen molar-refractivity contribution in [1.29, 1.82) is 5.26 Å². The minimum atomic E-state index is -1.21. The van der Waals surface area contributed by atoms with E-state index in [1.54, 1.807) is 17.8 Å². The molecule has 2 heterocycles. The van der Waals surface area contributed by atoms with Gasteiger partial charge in [0.2, 0.25) is 0 Å². The van der Waals surface area contributed by atoms with Gasteiger partial charge in [-0.15, -0.1) is 11.8 Å². The zero-order chi connectivity index (χ0) is 25.4. The van der Waals surface area contributed by atoms with Crippen molar-refractivity contribution in [3.63, 3.8) is 0 Å². The number of rotatable bonds is 5. The fourth-order valence-corrected chi connectivity index (χ4v) is 6.51. The van der Waals surface area contributed by atoms with Crippen molar-refractivity contribution in [1.82, 2.24) is 4.57 Å². The quantitative estimate of drug-likeness (QED) is 0.198. The topological polar surface area (TPSA) is 66.0 Å². The molecule has 0 amide bonds. The van der Waals surface area contributed by atoms with Crippen LogP contribution in [0.5, 0.6) is 0 Å². The maximum absolute atomic E-state index is 11.4. The molecular formula is C32H22N2O2S. The number of aliphatic carboxylic acids is 1. The largest absolute Gasteiger partial charge is 0.477 e. The van der Waals surface area contributed by atoms with E-state index in [9.17, 15) is 15.2 Å². The second-order valence-corrected chi connectivity index (χ2v) is 10.2. The monoisotopic (exact) mass is 498 g/mol. The Labute approximate surface area is 218 Å². The molecule has 0 bridgehead atoms. The number of allylic oxidation sites excluding steroid dienone is 2. The Hall–Kier alpha value is -4.53. The van der Waals surface area contributed by atoms with Gasteiger partial charge in [-0.05, 0) is 41.5 Å². The minimum absolute atomic E-state index is 0.0604. The molecule has 0 saturated carbocycles. The highest BCUT2D eigenvalue weighted by Crippen LogP contribution is 2.52. The molecule has 1 aromatic heterocycles. The number of nitriles is 1. The number of para-hydroxylation sites is 2. The van der Waals surface area contributed by atoms with Gasteiger partial charge in [-0.1, -0.05) is 84.9 Å². The van der Waals surface area contributed by atoms with E-state index in [0.717, 1.165) is 21.7 Å². The lowest BCUT2D eigenvalue weighted by Gasteiger charge is -2.20. The number of hydrogen-bond donors (Lipinski definition) is 1. The second kappa shape index (κ2) is 9.50. The molecule has 4 aromatic carbocycles. The van der Waals surface area contributed by atoms with E-state index in [2.05, 4.69) is 95.6 Å². The van der Waals surface area contributed by atoms with Gasteiger partial charge < -0.3 is 9.67 Å². The molecule has 0 fully saturated rings. The number of thioether (sulfide) groups is 1. The molecule has 5 aromatic rings. The van der Waals surface area contributed by atoms with E-state index in [1.807, 2.05) is 18.2 Å². The van der Waals surface area contributed by atoms with E-state index >= 15 is 0 Å². The number of hydrogen-bond acceptors (Lipinski definition) is 3. The van der Waals surface area contributed by atoms with Crippen LogP contribution in [-0.4, -0.2) is 15.6 Å². The third kappa shape index (κ3) is 4.12. The van der Waals surface area contributed by atoms with Gasteiger partial charge in [0.05, 0.1) is 11.0 Å². The standard InChI is InChI=1S/C32H22N2O2S/c33-20-23(32(35)36)18-25-19-28(21-8-2-1-3-9-21)31(37-25)22-14-16-24(17-15-22)34-29-12-6-4-10-26(29)27-11-5-7-13-30(27)34/h1-19,28,31H,(H,35,36)/b23-18+. The van der Waals surface area contributed by atoms with Gasteiger partial charge in [0.1, 0.15) is 11.6 Å². The molecule has 178 valence electrons. The summed E-state index contributed by atoms with van der Waals surface area (Å²) in [4.78, 5) is 12.2. The maximum atomic E-state index is 11.4. The van der Waals surface area contributed by atoms with Gasteiger partial charge in [-0.25, -0.2) is 4.79 Å². The first-order chi connectivity index (χ1) is 18.1. The van der Waals surface area contributed by atoms with Gasteiger partial charge in [-0.2, -0.15) is 5.26 Å². The molecule has 4 nitrogen and oxygen atoms in total. The molecule has 0 aliphatic carbocycles. The molecule has 37 heavy (non-hydrogen) atoms. The average Bonchev–Trinajstić information content (AvgIpc) is 3.52. The van der Waals surface area contributed by atoms with E-state index in [1.165, 1.54) is 27.9 Å². The number of nitrogens with zero attached hydrogens (tertiary/aromatic N) is 2. The zero-order valence-electron chi connectivity index (χ0n) is 19.8. The zero-order valence-corrected chi connectivity index (χ0v) is 20.6. The van der Waals surface area contributed by atoms with E-state index in [-0.39, 0.29) is 16.7 Å². The highest BCUT2D eigenvalue weighted by atomic mass is 32.2. The van der Waals surface area contributed by atoms with Crippen molar-refractivity contribution in [2.24, 2.45) is 0 Å². The van der Waals surface area contributed by atoms with Crippen LogP contribution in [-0.2, 0) is 4.79 Å². The summed E-state index contributed by atoms with van der Waals surface area (Å²) in [6, 6.07) is 37.6. The molecule has 0 spiro atoms. The number of carboxylic acid groups (broad SMARTS) is 1. The highest BCUT2D eigenvalue weighted by Gasteiger charge is 2.31. The minimum Gasteiger partial charge on any atom is -0.477 e. The summed E-state index contributed by atoms with van der Waals surface area (Å²) in [5.74, 6) is -1.15. The van der Waals surface area contributed by atoms with E-state index in [0.29, 0.717) is 0 Å². The third-order valence-corrected chi connectivity index (χ3v) is 8.16. The fraction of sp³-hybridized carbons (Fsp3) is 0.0625. The van der Waals surface area contributed by atoms with Crippen LogP contribution in [0.1, 0.15) is 22.3 Å². The van der Waals surface area contributed by atoms with Crippen molar-refractivity contribution in [3.05, 3.63) is 137 Å². The Bertz CT molecular complexity index is 1690. The Kier molecular flexibility index (Phi) is 5.88. The molecule has 0 saturated heterocycles. The second-order valence-electron chi connectivity index (χ2n) is 8.98. The summed E-state index contributed by atoms with van der Waals surface area (Å²) < 4.78 is 2.30. The Morgan fingerprint density at radius 1 is 0.811 bits per heavy atom. The van der Waals surface area contributed by atoms with Crippen LogP contribution in [0.4, 0.5) is 0 Å². The lowest BCUT2D eigenvalue weighted by molar-refractivity contribution is -0.132. The SMILES string of the molecule is N#C/C(=C\C1=CC(c2ccccc2)C(c2ccc(-n3c4ccccc4c4ccccc43)cc2)S1)C(=O)O. The molecule has 2 unspecified atom stereocenters. The summed E-state index contributed by atoms with van der Waals surface area (Å²) in [5.41, 5.74) is 5.47. The number of fused-ring (bicyclic) bond motifs is 3. The van der Waals surface area contributed by atoms with E-state index < -0.39 is 5.97 Å². The van der Waals surface area contributed by atoms with Crippen LogP contribution in [0, 0.1) is 11.3 Å². The summed E-state index contributed by atoms with van der Waals surface area (Å²) in [6.45, 7) is 0. The first-order valence-electron chi connectivity index (χ1n) is 12.0. The third-order valence-electron chi connectivity index (χ3n) is 6.81. The van der Waals surface area contributed by atoms with Crippen molar-refractivity contribution in [3.8, 4) is 11.8 Å². The van der Waals surface area contributed by atoms with Gasteiger partial charge in [0, 0.05) is 32.5 Å². The number of aromatic nitrogens is 1. The first kappa shape index (κ1) is 22.9. The van der Waals surface area contributed by atoms with Crippen LogP contribution in [0.25, 0.3) is 27.5 Å². The van der Waals surface area contributed by atoms with Crippen LogP contribution >= 0.6 is 11.8 Å². The van der Waals surface area contributed by atoms with E-state index in [4.69, 9.17) is 0 Å². The molecule has 5 heteroatoms. The predicted octanol–water partition coefficient (Wildman–Crippen LogP) is 7.77. The lowest BCUT2D eigenvalue weighted by Crippen LogP contribution is -2.03. The summed E-state index contributed by atoms with van der Waals surface area (Å²) in [5, 5.41) is 21.1. The molecule has 6 rings (SSSR count). The number of carbonyl (C=O) groups is 1. The first-order valence-corrected chi connectivity index (χ1v) is 12.9. The average molecular weight is 499 g/mol. The molecule has 0 radical (unpaired) electrons. The van der Waals surface area contributed by atoms with Gasteiger partial charge >= 0.3 is 5.97 Å². The molecule has 1 aliphatic heterocycles. The van der Waals surface area contributed by atoms with Crippen LogP contribution in [0.3, 0.4) is 0 Å². The van der Waals surface area contributed by atoms with Gasteiger partial charge in [0.15, 0.2) is 0 Å². The Morgan fingerprint density at radius 2 is 1.41 bits per heavy atom. The van der Waals surface area contributed by atoms with Crippen molar-refractivity contribution in [2.45, 2.75) is 11.2 Å². The van der Waals surface area contributed by atoms with Gasteiger partial charge in [-0.3, -0.25) is 0 Å². The van der Waals surface area contributed by atoms with Gasteiger partial charge in [0.25, 0.3) is 0 Å². The van der Waals surface area contributed by atoms with Crippen LogP contribution < -0.4 is 0 Å². The molecule has 1 N–H and O–H groups in total. The normalized spacial score (nSPS) is 17.6. The molecule has 1 aliphatic rings. The summed E-state index contributed by atoms with van der Waals surface area (Å²) in [6.07, 6.45) is 3.56. The summed E-state index contributed by atoms with van der Waals surface area (Å²) >= 11 is 1.60. The van der Waals surface area contributed by atoms with Crippen molar-refractivity contribution in [2.75, 3.05) is 0 Å². The Morgan fingerprint density at radius 3 is 2.00 bits per heavy atom. The highest BCUT2D eigenvalue weighted by molar-refractivity contribution is 8.03. The van der Waals surface area contributed by atoms with Crippen molar-refractivity contribution < 1.29 is 9.90 Å². The number of benzene rings is 4.